The minimum atomic E-state index is 0.297. The van der Waals surface area contributed by atoms with E-state index in [1.165, 1.54) is 24.2 Å². The van der Waals surface area contributed by atoms with Crippen molar-refractivity contribution in [1.29, 1.82) is 0 Å². The van der Waals surface area contributed by atoms with Gasteiger partial charge in [0.2, 0.25) is 4.96 Å². The Bertz CT molecular complexity index is 772. The lowest BCUT2D eigenvalue weighted by Crippen LogP contribution is -1.93. The number of aromatic hydroxyl groups is 1. The van der Waals surface area contributed by atoms with Crippen molar-refractivity contribution in [3.63, 3.8) is 0 Å². The van der Waals surface area contributed by atoms with Crippen LogP contribution in [-0.4, -0.2) is 24.9 Å². The van der Waals surface area contributed by atoms with Crippen LogP contribution in [0.5, 0.6) is 5.75 Å². The van der Waals surface area contributed by atoms with E-state index in [2.05, 4.69) is 15.3 Å². The van der Waals surface area contributed by atoms with Crippen LogP contribution in [0.4, 0.5) is 0 Å². The van der Waals surface area contributed by atoms with Gasteiger partial charge < -0.3 is 5.11 Å². The van der Waals surface area contributed by atoms with E-state index in [0.29, 0.717) is 11.7 Å². The molecule has 0 radical (unpaired) electrons. The highest BCUT2D eigenvalue weighted by Gasteiger charge is 2.30. The summed E-state index contributed by atoms with van der Waals surface area (Å²) in [5.41, 5.74) is 1.78. The lowest BCUT2D eigenvalue weighted by atomic mass is 10.1. The Morgan fingerprint density at radius 3 is 2.89 bits per heavy atom. The van der Waals surface area contributed by atoms with E-state index in [1.54, 1.807) is 6.07 Å². The van der Waals surface area contributed by atoms with Crippen LogP contribution >= 0.6 is 11.3 Å². The number of aromatic nitrogens is 4. The summed E-state index contributed by atoms with van der Waals surface area (Å²) in [5, 5.41) is 23.6. The number of phenolic OH excluding ortho intramolecular Hbond substituents is 1. The molecule has 3 aromatic rings. The van der Waals surface area contributed by atoms with E-state index in [-0.39, 0.29) is 0 Å². The summed E-state index contributed by atoms with van der Waals surface area (Å²) in [6, 6.07) is 5.62. The van der Waals surface area contributed by atoms with Gasteiger partial charge in [0, 0.05) is 11.5 Å². The maximum absolute atomic E-state index is 9.78. The molecule has 0 atom stereocenters. The van der Waals surface area contributed by atoms with Crippen LogP contribution in [0.2, 0.25) is 0 Å². The van der Waals surface area contributed by atoms with Crippen LogP contribution in [0.25, 0.3) is 15.5 Å². The van der Waals surface area contributed by atoms with E-state index in [1.807, 2.05) is 23.6 Å². The average Bonchev–Trinajstić information content (AvgIpc) is 3.01. The minimum Gasteiger partial charge on any atom is -0.508 e. The molecule has 6 heteroatoms. The summed E-state index contributed by atoms with van der Waals surface area (Å²) in [7, 11) is 0. The van der Waals surface area contributed by atoms with Gasteiger partial charge in [0.05, 0.1) is 0 Å². The Morgan fingerprint density at radius 1 is 1.32 bits per heavy atom. The number of nitrogens with zero attached hydrogens (tertiary/aromatic N) is 4. The zero-order chi connectivity index (χ0) is 13.0. The van der Waals surface area contributed by atoms with Crippen LogP contribution in [0.15, 0.2) is 18.2 Å². The fourth-order valence-electron chi connectivity index (χ4n) is 2.09. The largest absolute Gasteiger partial charge is 0.508 e. The second-order valence-corrected chi connectivity index (χ2v) is 5.89. The quantitative estimate of drug-likeness (QED) is 0.779. The molecule has 0 spiro atoms. The maximum Gasteiger partial charge on any atom is 0.234 e. The van der Waals surface area contributed by atoms with Gasteiger partial charge in [-0.1, -0.05) is 23.5 Å². The van der Waals surface area contributed by atoms with Crippen molar-refractivity contribution in [2.75, 3.05) is 0 Å². The zero-order valence-corrected chi connectivity index (χ0v) is 11.2. The number of hydrogen-bond donors (Lipinski definition) is 1. The van der Waals surface area contributed by atoms with Crippen molar-refractivity contribution in [1.82, 2.24) is 19.8 Å². The first kappa shape index (κ1) is 10.9. The van der Waals surface area contributed by atoms with Gasteiger partial charge in [-0.3, -0.25) is 0 Å². The predicted octanol–water partition coefficient (Wildman–Crippen LogP) is 2.74. The monoisotopic (exact) mass is 272 g/mol. The molecule has 2 aromatic heterocycles. The molecule has 1 aliphatic carbocycles. The molecule has 4 rings (SSSR count). The minimum absolute atomic E-state index is 0.297. The summed E-state index contributed by atoms with van der Waals surface area (Å²) in [4.78, 5) is 0.817. The summed E-state index contributed by atoms with van der Waals surface area (Å²) in [6.07, 6.45) is 2.36. The van der Waals surface area contributed by atoms with Crippen molar-refractivity contribution in [2.24, 2.45) is 0 Å². The first-order chi connectivity index (χ1) is 9.22. The van der Waals surface area contributed by atoms with Crippen LogP contribution in [0.1, 0.15) is 30.1 Å². The topological polar surface area (TPSA) is 63.3 Å². The molecule has 96 valence electrons. The third kappa shape index (κ3) is 1.71. The number of benzene rings is 1. The Balaban J connectivity index is 1.84. The third-order valence-electron chi connectivity index (χ3n) is 3.41. The van der Waals surface area contributed by atoms with Crippen molar-refractivity contribution in [3.8, 4) is 16.3 Å². The fraction of sp³-hybridized carbons (Fsp3) is 0.308. The summed E-state index contributed by atoms with van der Waals surface area (Å²) >= 11 is 1.50. The van der Waals surface area contributed by atoms with Crippen LogP contribution < -0.4 is 0 Å². The van der Waals surface area contributed by atoms with Gasteiger partial charge in [0.15, 0.2) is 5.82 Å². The summed E-state index contributed by atoms with van der Waals surface area (Å²) in [6.45, 7) is 1.88. The van der Waals surface area contributed by atoms with E-state index in [4.69, 9.17) is 0 Å². The number of hydrogen-bond acceptors (Lipinski definition) is 5. The molecule has 0 unspecified atom stereocenters. The zero-order valence-electron chi connectivity index (χ0n) is 10.4. The Hall–Kier alpha value is -1.95. The Labute approximate surface area is 113 Å². The molecule has 0 aliphatic heterocycles. The van der Waals surface area contributed by atoms with Gasteiger partial charge in [0.1, 0.15) is 10.8 Å². The molecule has 19 heavy (non-hydrogen) atoms. The maximum atomic E-state index is 9.78. The summed E-state index contributed by atoms with van der Waals surface area (Å²) in [5.74, 6) is 1.79. The first-order valence-electron chi connectivity index (χ1n) is 6.24. The van der Waals surface area contributed by atoms with Gasteiger partial charge >= 0.3 is 0 Å². The molecule has 0 amide bonds. The van der Waals surface area contributed by atoms with Crippen molar-refractivity contribution < 1.29 is 5.11 Å². The van der Waals surface area contributed by atoms with Gasteiger partial charge in [-0.15, -0.1) is 10.2 Å². The molecule has 1 N–H and O–H groups in total. The Kier molecular flexibility index (Phi) is 2.17. The lowest BCUT2D eigenvalue weighted by molar-refractivity contribution is 0.471. The highest BCUT2D eigenvalue weighted by Crippen LogP contribution is 2.40. The van der Waals surface area contributed by atoms with Crippen molar-refractivity contribution >= 4 is 16.3 Å². The number of fused-ring (bicyclic) bond motifs is 1. The van der Waals surface area contributed by atoms with Gasteiger partial charge in [0.25, 0.3) is 0 Å². The second kappa shape index (κ2) is 3.77. The molecular weight excluding hydrogens is 260 g/mol. The van der Waals surface area contributed by atoms with Gasteiger partial charge in [-0.2, -0.15) is 9.61 Å². The van der Waals surface area contributed by atoms with E-state index >= 15 is 0 Å². The average molecular weight is 272 g/mol. The summed E-state index contributed by atoms with van der Waals surface area (Å²) < 4.78 is 1.84. The van der Waals surface area contributed by atoms with Crippen LogP contribution in [-0.2, 0) is 0 Å². The molecular formula is C13H12N4OS. The lowest BCUT2D eigenvalue weighted by Gasteiger charge is -2.00. The highest BCUT2D eigenvalue weighted by molar-refractivity contribution is 7.19. The van der Waals surface area contributed by atoms with Crippen LogP contribution in [0.3, 0.4) is 0 Å². The third-order valence-corrected chi connectivity index (χ3v) is 4.36. The van der Waals surface area contributed by atoms with E-state index < -0.39 is 0 Å². The fourth-order valence-corrected chi connectivity index (χ4v) is 2.93. The van der Waals surface area contributed by atoms with Crippen LogP contribution in [0, 0.1) is 6.92 Å². The SMILES string of the molecule is Cc1ccc(-c2nn3c(C4CC4)nnc3s2)cc1O. The van der Waals surface area contributed by atoms with E-state index in [9.17, 15) is 5.11 Å². The number of phenols is 1. The highest BCUT2D eigenvalue weighted by atomic mass is 32.1. The smallest absolute Gasteiger partial charge is 0.234 e. The predicted molar refractivity (Wildman–Crippen MR) is 72.5 cm³/mol. The van der Waals surface area contributed by atoms with E-state index in [0.717, 1.165) is 26.9 Å². The molecule has 2 heterocycles. The Morgan fingerprint density at radius 2 is 2.16 bits per heavy atom. The molecule has 5 nitrogen and oxygen atoms in total. The second-order valence-electron chi connectivity index (χ2n) is 4.94. The number of aryl methyl sites for hydroxylation is 1. The standard InChI is InChI=1S/C13H12N4OS/c1-7-2-3-9(6-10(7)18)12-16-17-11(8-4-5-8)14-15-13(17)19-12/h2-3,6,8,18H,4-5H2,1H3. The first-order valence-corrected chi connectivity index (χ1v) is 7.06. The van der Waals surface area contributed by atoms with Crippen molar-refractivity contribution in [3.05, 3.63) is 29.6 Å². The molecule has 0 bridgehead atoms. The van der Waals surface area contributed by atoms with Gasteiger partial charge in [-0.05, 0) is 31.4 Å². The molecule has 0 saturated heterocycles. The number of rotatable bonds is 2. The molecule has 1 saturated carbocycles. The molecule has 1 aliphatic rings. The molecule has 1 fully saturated rings. The van der Waals surface area contributed by atoms with Crippen molar-refractivity contribution in [2.45, 2.75) is 25.7 Å². The van der Waals surface area contributed by atoms with Gasteiger partial charge in [-0.25, -0.2) is 0 Å². The normalized spacial score (nSPS) is 15.2. The molecule has 1 aromatic carbocycles.